The number of aromatic nitrogens is 3. The second kappa shape index (κ2) is 10.7. The molecule has 0 saturated carbocycles. The summed E-state index contributed by atoms with van der Waals surface area (Å²) in [6.45, 7) is 5.64. The van der Waals surface area contributed by atoms with E-state index in [1.54, 1.807) is 51.6 Å². The fraction of sp³-hybridized carbons (Fsp3) is 0.185. The number of carbonyl (C=O) groups is 1. The molecule has 0 spiro atoms. The fourth-order valence-electron chi connectivity index (χ4n) is 3.98. The van der Waals surface area contributed by atoms with E-state index in [1.807, 2.05) is 18.2 Å². The fourth-order valence-corrected chi connectivity index (χ4v) is 3.98. The Morgan fingerprint density at radius 2 is 1.85 bits per heavy atom. The van der Waals surface area contributed by atoms with E-state index in [1.165, 1.54) is 0 Å². The summed E-state index contributed by atoms with van der Waals surface area (Å²) < 4.78 is 22.1. The largest absolute Gasteiger partial charge is 0.493 e. The minimum Gasteiger partial charge on any atom is -0.493 e. The Balaban J connectivity index is 1.51. The van der Waals surface area contributed by atoms with Crippen molar-refractivity contribution in [3.63, 3.8) is 0 Å². The maximum Gasteiger partial charge on any atom is 0.324 e. The molecule has 1 aliphatic rings. The number of nitrogens with one attached hydrogen (secondary N) is 3. The van der Waals surface area contributed by atoms with Crippen molar-refractivity contribution in [3.05, 3.63) is 60.9 Å². The molecule has 200 valence electrons. The normalized spacial score (nSPS) is 13.6. The topological polar surface area (TPSA) is 155 Å². The highest BCUT2D eigenvalue weighted by atomic mass is 16.7. The number of pyridine rings is 1. The van der Waals surface area contributed by atoms with E-state index >= 15 is 0 Å². The van der Waals surface area contributed by atoms with Crippen LogP contribution in [0.2, 0.25) is 0 Å². The van der Waals surface area contributed by atoms with Gasteiger partial charge in [0.05, 0.1) is 20.8 Å². The standard InChI is InChI=1S/C27H27N7O5/c1-14(2)30-27(35)34-25-18(15-5-7-19(36-3)21(10-15)37-4)9-16-13-29-26(33-24(16)32-25)31-17-6-8-20-22(11-17)39-23(12-28)38-20/h5-11,13,23H,1,12,28H2,2-4H3,(H3,29,30,31,32,33,34,35). The number of hydrogen-bond donors (Lipinski definition) is 4. The molecule has 0 fully saturated rings. The van der Waals surface area contributed by atoms with Crippen molar-refractivity contribution in [2.75, 3.05) is 31.4 Å². The van der Waals surface area contributed by atoms with Crippen LogP contribution in [0.4, 0.5) is 22.2 Å². The zero-order chi connectivity index (χ0) is 27.5. The van der Waals surface area contributed by atoms with Crippen LogP contribution < -0.4 is 40.6 Å². The van der Waals surface area contributed by atoms with Crippen LogP contribution in [0.25, 0.3) is 22.2 Å². The first kappa shape index (κ1) is 25.5. The summed E-state index contributed by atoms with van der Waals surface area (Å²) >= 11 is 0. The number of rotatable bonds is 8. The van der Waals surface area contributed by atoms with Crippen LogP contribution >= 0.6 is 0 Å². The highest BCUT2D eigenvalue weighted by molar-refractivity contribution is 5.97. The number of benzene rings is 2. The number of nitrogens with two attached hydrogens (primary N) is 1. The summed E-state index contributed by atoms with van der Waals surface area (Å²) in [5, 5.41) is 9.22. The Morgan fingerprint density at radius 3 is 2.59 bits per heavy atom. The summed E-state index contributed by atoms with van der Waals surface area (Å²) in [5.74, 6) is 2.89. The lowest BCUT2D eigenvalue weighted by Gasteiger charge is -2.15. The molecule has 39 heavy (non-hydrogen) atoms. The first-order valence-electron chi connectivity index (χ1n) is 11.9. The van der Waals surface area contributed by atoms with Crippen LogP contribution in [0, 0.1) is 0 Å². The van der Waals surface area contributed by atoms with Gasteiger partial charge >= 0.3 is 6.03 Å². The third kappa shape index (κ3) is 5.45. The Morgan fingerprint density at radius 1 is 1.05 bits per heavy atom. The molecule has 12 nitrogen and oxygen atoms in total. The average Bonchev–Trinajstić information content (AvgIpc) is 3.34. The van der Waals surface area contributed by atoms with Crippen LogP contribution in [0.3, 0.4) is 0 Å². The van der Waals surface area contributed by atoms with Gasteiger partial charge in [0.2, 0.25) is 5.95 Å². The van der Waals surface area contributed by atoms with Gasteiger partial charge in [-0.2, -0.15) is 4.98 Å². The zero-order valence-electron chi connectivity index (χ0n) is 21.6. The second-order valence-electron chi connectivity index (χ2n) is 8.61. The predicted molar refractivity (Wildman–Crippen MR) is 147 cm³/mol. The summed E-state index contributed by atoms with van der Waals surface area (Å²) in [7, 11) is 3.12. The van der Waals surface area contributed by atoms with Crippen molar-refractivity contribution in [2.24, 2.45) is 5.73 Å². The van der Waals surface area contributed by atoms with Gasteiger partial charge in [-0.05, 0) is 42.8 Å². The van der Waals surface area contributed by atoms with E-state index in [0.717, 1.165) is 5.56 Å². The van der Waals surface area contributed by atoms with E-state index in [2.05, 4.69) is 37.5 Å². The molecule has 2 aromatic heterocycles. The van der Waals surface area contributed by atoms with Crippen molar-refractivity contribution in [1.29, 1.82) is 0 Å². The van der Waals surface area contributed by atoms with E-state index in [-0.39, 0.29) is 12.4 Å². The maximum absolute atomic E-state index is 12.6. The molecule has 0 aliphatic carbocycles. The monoisotopic (exact) mass is 529 g/mol. The highest BCUT2D eigenvalue weighted by Gasteiger charge is 2.23. The molecule has 1 aliphatic heterocycles. The van der Waals surface area contributed by atoms with Gasteiger partial charge in [-0.1, -0.05) is 12.6 Å². The Hall–Kier alpha value is -5.10. The van der Waals surface area contributed by atoms with Gasteiger partial charge in [-0.3, -0.25) is 5.32 Å². The Kier molecular flexibility index (Phi) is 7.02. The van der Waals surface area contributed by atoms with Gasteiger partial charge in [-0.15, -0.1) is 0 Å². The summed E-state index contributed by atoms with van der Waals surface area (Å²) in [6, 6.07) is 12.2. The van der Waals surface area contributed by atoms with Crippen molar-refractivity contribution in [1.82, 2.24) is 20.3 Å². The highest BCUT2D eigenvalue weighted by Crippen LogP contribution is 2.38. The molecule has 1 unspecified atom stereocenters. The van der Waals surface area contributed by atoms with Crippen LogP contribution in [0.5, 0.6) is 23.0 Å². The predicted octanol–water partition coefficient (Wildman–Crippen LogP) is 4.16. The smallest absolute Gasteiger partial charge is 0.324 e. The minimum atomic E-state index is -0.510. The number of amides is 2. The van der Waals surface area contributed by atoms with Crippen molar-refractivity contribution in [2.45, 2.75) is 13.2 Å². The van der Waals surface area contributed by atoms with Crippen molar-refractivity contribution >= 4 is 34.5 Å². The molecule has 0 saturated heterocycles. The first-order chi connectivity index (χ1) is 18.9. The second-order valence-corrected chi connectivity index (χ2v) is 8.61. The summed E-state index contributed by atoms with van der Waals surface area (Å²) in [5.41, 5.74) is 8.55. The van der Waals surface area contributed by atoms with Crippen molar-refractivity contribution < 1.29 is 23.7 Å². The molecule has 0 radical (unpaired) electrons. The van der Waals surface area contributed by atoms with Gasteiger partial charge in [0.15, 0.2) is 28.6 Å². The van der Waals surface area contributed by atoms with Crippen LogP contribution in [-0.4, -0.2) is 48.0 Å². The number of carbonyl (C=O) groups excluding carboxylic acids is 1. The number of anilines is 3. The van der Waals surface area contributed by atoms with Gasteiger partial charge in [0.1, 0.15) is 5.82 Å². The minimum absolute atomic E-state index is 0.239. The molecule has 1 atom stereocenters. The number of nitrogens with zero attached hydrogens (tertiary/aromatic N) is 3. The molecule has 0 bridgehead atoms. The average molecular weight is 530 g/mol. The zero-order valence-corrected chi connectivity index (χ0v) is 21.6. The van der Waals surface area contributed by atoms with E-state index in [9.17, 15) is 4.79 Å². The first-order valence-corrected chi connectivity index (χ1v) is 11.9. The third-order valence-corrected chi connectivity index (χ3v) is 5.73. The lowest BCUT2D eigenvalue weighted by Crippen LogP contribution is -2.27. The third-order valence-electron chi connectivity index (χ3n) is 5.73. The van der Waals surface area contributed by atoms with Gasteiger partial charge in [0, 0.05) is 34.6 Å². The van der Waals surface area contributed by atoms with E-state index in [0.29, 0.717) is 56.9 Å². The lowest BCUT2D eigenvalue weighted by molar-refractivity contribution is 0.0581. The molecule has 12 heteroatoms. The van der Waals surface area contributed by atoms with Gasteiger partial charge < -0.3 is 35.3 Å². The number of fused-ring (bicyclic) bond motifs is 2. The maximum atomic E-state index is 12.6. The number of allylic oxidation sites excluding steroid dienone is 1. The summed E-state index contributed by atoms with van der Waals surface area (Å²) in [6.07, 6.45) is 1.14. The van der Waals surface area contributed by atoms with Crippen LogP contribution in [0.1, 0.15) is 6.92 Å². The molecule has 3 heterocycles. The molecule has 5 N–H and O–H groups in total. The summed E-state index contributed by atoms with van der Waals surface area (Å²) in [4.78, 5) is 26.2. The number of urea groups is 1. The Labute approximate surface area is 224 Å². The Bertz CT molecular complexity index is 1580. The molecular weight excluding hydrogens is 502 g/mol. The van der Waals surface area contributed by atoms with E-state index in [4.69, 9.17) is 24.7 Å². The lowest BCUT2D eigenvalue weighted by atomic mass is 10.0. The van der Waals surface area contributed by atoms with Gasteiger partial charge in [-0.25, -0.2) is 14.8 Å². The quantitative estimate of drug-likeness (QED) is 0.261. The number of ether oxygens (including phenoxy) is 4. The number of hydrogen-bond acceptors (Lipinski definition) is 10. The SMILES string of the molecule is C=C(C)NC(=O)Nc1nc2nc(Nc3ccc4c(c3)OC(CN)O4)ncc2cc1-c1ccc(OC)c(OC)c1. The molecule has 4 aromatic rings. The molecule has 2 amide bonds. The number of methoxy groups -OCH3 is 2. The van der Waals surface area contributed by atoms with Gasteiger partial charge in [0.25, 0.3) is 6.29 Å². The van der Waals surface area contributed by atoms with Crippen LogP contribution in [-0.2, 0) is 0 Å². The molecule has 5 rings (SSSR count). The van der Waals surface area contributed by atoms with E-state index < -0.39 is 12.3 Å². The molecule has 2 aromatic carbocycles. The van der Waals surface area contributed by atoms with Crippen molar-refractivity contribution in [3.8, 4) is 34.1 Å². The molecular formula is C27H27N7O5. The van der Waals surface area contributed by atoms with Crippen LogP contribution in [0.15, 0.2) is 60.9 Å².